The van der Waals surface area contributed by atoms with Crippen LogP contribution in [0.25, 0.3) is 0 Å². The predicted molar refractivity (Wildman–Crippen MR) is 70.0 cm³/mol. The maximum atomic E-state index is 11.4. The van der Waals surface area contributed by atoms with E-state index >= 15 is 0 Å². The Kier molecular flexibility index (Phi) is 10.2. The van der Waals surface area contributed by atoms with Gasteiger partial charge in [-0.15, -0.1) is 0 Å². The third kappa shape index (κ3) is 9.16. The fourth-order valence-electron chi connectivity index (χ4n) is 1.61. The molecule has 3 heteroatoms. The third-order valence-corrected chi connectivity index (χ3v) is 2.86. The van der Waals surface area contributed by atoms with Gasteiger partial charge >= 0.3 is 5.97 Å². The molecule has 0 amide bonds. The summed E-state index contributed by atoms with van der Waals surface area (Å²) >= 11 is 0. The second-order valence-electron chi connectivity index (χ2n) is 4.62. The first-order valence-electron chi connectivity index (χ1n) is 6.90. The van der Waals surface area contributed by atoms with Gasteiger partial charge in [-0.3, -0.25) is 4.79 Å². The van der Waals surface area contributed by atoms with E-state index in [1.54, 1.807) is 0 Å². The summed E-state index contributed by atoms with van der Waals surface area (Å²) in [5.41, 5.74) is 0. The molecule has 2 atom stereocenters. The van der Waals surface area contributed by atoms with Gasteiger partial charge in [0.2, 0.25) is 0 Å². The van der Waals surface area contributed by atoms with Crippen LogP contribution < -0.4 is 0 Å². The number of ether oxygens (including phenoxy) is 2. The molecule has 1 unspecified atom stereocenters. The standard InChI is InChI=1S/C14H28O3/c1-5-7-8-9-13(4)17-11-10-12(3)14(15)16-6-2/h12-13H,5-11H2,1-4H3/t12-,13?/m1/s1. The van der Waals surface area contributed by atoms with Crippen LogP contribution in [0.3, 0.4) is 0 Å². The van der Waals surface area contributed by atoms with E-state index in [4.69, 9.17) is 9.47 Å². The van der Waals surface area contributed by atoms with E-state index in [1.165, 1.54) is 19.3 Å². The molecular formula is C14H28O3. The topological polar surface area (TPSA) is 35.5 Å². The average Bonchev–Trinajstić information content (AvgIpc) is 2.29. The van der Waals surface area contributed by atoms with Crippen LogP contribution >= 0.6 is 0 Å². The number of carbonyl (C=O) groups excluding carboxylic acids is 1. The first-order valence-corrected chi connectivity index (χ1v) is 6.90. The second kappa shape index (κ2) is 10.6. The van der Waals surface area contributed by atoms with Gasteiger partial charge < -0.3 is 9.47 Å². The lowest BCUT2D eigenvalue weighted by Crippen LogP contribution is -2.18. The fraction of sp³-hybridized carbons (Fsp3) is 0.929. The lowest BCUT2D eigenvalue weighted by atomic mass is 10.1. The molecule has 0 aliphatic heterocycles. The van der Waals surface area contributed by atoms with Crippen LogP contribution in [0.15, 0.2) is 0 Å². The molecule has 0 radical (unpaired) electrons. The number of rotatable bonds is 10. The van der Waals surface area contributed by atoms with Gasteiger partial charge in [-0.2, -0.15) is 0 Å². The van der Waals surface area contributed by atoms with E-state index in [-0.39, 0.29) is 11.9 Å². The molecule has 102 valence electrons. The molecule has 0 heterocycles. The number of hydrogen-bond acceptors (Lipinski definition) is 3. The van der Waals surface area contributed by atoms with Crippen LogP contribution in [-0.4, -0.2) is 25.3 Å². The maximum Gasteiger partial charge on any atom is 0.308 e. The zero-order chi connectivity index (χ0) is 13.1. The Labute approximate surface area is 106 Å². The second-order valence-corrected chi connectivity index (χ2v) is 4.62. The fourth-order valence-corrected chi connectivity index (χ4v) is 1.61. The molecule has 0 aromatic heterocycles. The Morgan fingerprint density at radius 3 is 2.41 bits per heavy atom. The molecule has 0 saturated heterocycles. The Morgan fingerprint density at radius 2 is 1.82 bits per heavy atom. The Bertz CT molecular complexity index is 192. The number of esters is 1. The van der Waals surface area contributed by atoms with Crippen molar-refractivity contribution in [3.63, 3.8) is 0 Å². The molecule has 0 rings (SSSR count). The number of unbranched alkanes of at least 4 members (excludes halogenated alkanes) is 2. The highest BCUT2D eigenvalue weighted by Crippen LogP contribution is 2.09. The largest absolute Gasteiger partial charge is 0.466 e. The molecule has 0 aromatic rings. The lowest BCUT2D eigenvalue weighted by molar-refractivity contribution is -0.148. The maximum absolute atomic E-state index is 11.4. The quantitative estimate of drug-likeness (QED) is 0.435. The van der Waals surface area contributed by atoms with Gasteiger partial charge in [0.25, 0.3) is 0 Å². The average molecular weight is 244 g/mol. The van der Waals surface area contributed by atoms with Gasteiger partial charge in [0.1, 0.15) is 0 Å². The molecule has 0 saturated carbocycles. The summed E-state index contributed by atoms with van der Waals surface area (Å²) < 4.78 is 10.6. The molecule has 0 aliphatic rings. The molecule has 17 heavy (non-hydrogen) atoms. The van der Waals surface area contributed by atoms with Crippen molar-refractivity contribution in [1.29, 1.82) is 0 Å². The van der Waals surface area contributed by atoms with E-state index in [9.17, 15) is 4.79 Å². The van der Waals surface area contributed by atoms with Crippen LogP contribution in [0.1, 0.15) is 59.8 Å². The van der Waals surface area contributed by atoms with Crippen molar-refractivity contribution >= 4 is 5.97 Å². The molecule has 0 aromatic carbocycles. The van der Waals surface area contributed by atoms with Crippen molar-refractivity contribution in [2.45, 2.75) is 65.9 Å². The van der Waals surface area contributed by atoms with Crippen LogP contribution in [0.2, 0.25) is 0 Å². The first-order chi connectivity index (χ1) is 8.11. The van der Waals surface area contributed by atoms with E-state index < -0.39 is 0 Å². The van der Waals surface area contributed by atoms with Gasteiger partial charge in [0, 0.05) is 6.61 Å². The minimum Gasteiger partial charge on any atom is -0.466 e. The summed E-state index contributed by atoms with van der Waals surface area (Å²) in [5.74, 6) is -0.174. The smallest absolute Gasteiger partial charge is 0.308 e. The van der Waals surface area contributed by atoms with Crippen LogP contribution in [0.5, 0.6) is 0 Å². The summed E-state index contributed by atoms with van der Waals surface area (Å²) in [4.78, 5) is 11.4. The summed E-state index contributed by atoms with van der Waals surface area (Å²) in [5, 5.41) is 0. The molecule has 0 N–H and O–H groups in total. The van der Waals surface area contributed by atoms with Gasteiger partial charge in [-0.25, -0.2) is 0 Å². The summed E-state index contributed by atoms with van der Waals surface area (Å²) in [6.07, 6.45) is 5.90. The third-order valence-electron chi connectivity index (χ3n) is 2.86. The molecule has 0 fully saturated rings. The van der Waals surface area contributed by atoms with Gasteiger partial charge in [0.15, 0.2) is 0 Å². The highest BCUT2D eigenvalue weighted by molar-refractivity contribution is 5.71. The molecule has 3 nitrogen and oxygen atoms in total. The van der Waals surface area contributed by atoms with E-state index in [0.29, 0.717) is 19.3 Å². The van der Waals surface area contributed by atoms with Gasteiger partial charge in [-0.1, -0.05) is 33.1 Å². The van der Waals surface area contributed by atoms with Gasteiger partial charge in [0.05, 0.1) is 18.6 Å². The van der Waals surface area contributed by atoms with E-state index in [2.05, 4.69) is 13.8 Å². The van der Waals surface area contributed by atoms with Crippen molar-refractivity contribution in [3.8, 4) is 0 Å². The van der Waals surface area contributed by atoms with Crippen molar-refractivity contribution in [2.24, 2.45) is 5.92 Å². The van der Waals surface area contributed by atoms with Gasteiger partial charge in [-0.05, 0) is 26.7 Å². The number of carbonyl (C=O) groups is 1. The van der Waals surface area contributed by atoms with Crippen LogP contribution in [-0.2, 0) is 14.3 Å². The van der Waals surface area contributed by atoms with Crippen molar-refractivity contribution < 1.29 is 14.3 Å². The highest BCUT2D eigenvalue weighted by Gasteiger charge is 2.14. The Balaban J connectivity index is 3.51. The number of hydrogen-bond donors (Lipinski definition) is 0. The zero-order valence-electron chi connectivity index (χ0n) is 11.8. The molecule has 0 bridgehead atoms. The predicted octanol–water partition coefficient (Wildman–Crippen LogP) is 3.56. The monoisotopic (exact) mass is 244 g/mol. The minimum atomic E-state index is -0.116. The van der Waals surface area contributed by atoms with Crippen molar-refractivity contribution in [2.75, 3.05) is 13.2 Å². The summed E-state index contributed by atoms with van der Waals surface area (Å²) in [7, 11) is 0. The minimum absolute atomic E-state index is 0.0576. The Morgan fingerprint density at radius 1 is 1.12 bits per heavy atom. The highest BCUT2D eigenvalue weighted by atomic mass is 16.5. The van der Waals surface area contributed by atoms with Crippen LogP contribution in [0, 0.1) is 5.92 Å². The first kappa shape index (κ1) is 16.4. The van der Waals surface area contributed by atoms with E-state index in [0.717, 1.165) is 12.8 Å². The van der Waals surface area contributed by atoms with Crippen LogP contribution in [0.4, 0.5) is 0 Å². The zero-order valence-corrected chi connectivity index (χ0v) is 11.8. The lowest BCUT2D eigenvalue weighted by Gasteiger charge is -2.15. The summed E-state index contributed by atoms with van der Waals surface area (Å²) in [6.45, 7) is 9.13. The SMILES string of the molecule is CCCCCC(C)OCC[C@@H](C)C(=O)OCC. The normalized spacial score (nSPS) is 14.4. The molecule has 0 spiro atoms. The van der Waals surface area contributed by atoms with Crippen molar-refractivity contribution in [3.05, 3.63) is 0 Å². The molecule has 0 aliphatic carbocycles. The molecular weight excluding hydrogens is 216 g/mol. The van der Waals surface area contributed by atoms with E-state index in [1.807, 2.05) is 13.8 Å². The summed E-state index contributed by atoms with van der Waals surface area (Å²) in [6, 6.07) is 0. The van der Waals surface area contributed by atoms with Crippen molar-refractivity contribution in [1.82, 2.24) is 0 Å². The Hall–Kier alpha value is -0.570.